The molecule has 2 aliphatic heterocycles. The fourth-order valence-electron chi connectivity index (χ4n) is 3.17. The van der Waals surface area contributed by atoms with Crippen LogP contribution in [0.25, 0.3) is 0 Å². The number of piperidine rings is 1. The van der Waals surface area contributed by atoms with Gasteiger partial charge in [0.15, 0.2) is 0 Å². The molecule has 21 heavy (non-hydrogen) atoms. The highest BCUT2D eigenvalue weighted by Crippen LogP contribution is 2.29. The Balaban J connectivity index is 1.38. The van der Waals surface area contributed by atoms with Gasteiger partial charge in [-0.05, 0) is 25.9 Å². The van der Waals surface area contributed by atoms with Crippen molar-refractivity contribution in [1.82, 2.24) is 20.1 Å². The lowest BCUT2D eigenvalue weighted by Crippen LogP contribution is -2.47. The van der Waals surface area contributed by atoms with Gasteiger partial charge in [0.2, 0.25) is 5.91 Å². The minimum Gasteiger partial charge on any atom is -0.340 e. The number of likely N-dealkylation sites (tertiary alicyclic amines) is 1. The number of nitrogens with one attached hydrogen (secondary N) is 1. The third-order valence-electron chi connectivity index (χ3n) is 4.50. The smallest absolute Gasteiger partial charge is 0.223 e. The first-order valence-corrected chi connectivity index (χ1v) is 8.81. The first-order chi connectivity index (χ1) is 10.3. The van der Waals surface area contributed by atoms with E-state index in [-0.39, 0.29) is 0 Å². The summed E-state index contributed by atoms with van der Waals surface area (Å²) in [6, 6.07) is 0. The first-order valence-electron chi connectivity index (χ1n) is 7.93. The van der Waals surface area contributed by atoms with Crippen molar-refractivity contribution in [2.24, 2.45) is 0 Å². The SMILES string of the molecule is O=C(CCN1CCC(c2nccs2)CC1)N1CCNCC1. The Morgan fingerprint density at radius 3 is 2.71 bits per heavy atom. The van der Waals surface area contributed by atoms with Crippen LogP contribution in [0.2, 0.25) is 0 Å². The third kappa shape index (κ3) is 4.02. The standard InChI is InChI=1S/C15H24N4OS/c20-14(19-10-4-16-5-11-19)3-9-18-7-1-13(2-8-18)15-17-6-12-21-15/h6,12-13,16H,1-5,7-11H2. The largest absolute Gasteiger partial charge is 0.340 e. The molecule has 6 heteroatoms. The molecule has 0 radical (unpaired) electrons. The summed E-state index contributed by atoms with van der Waals surface area (Å²) in [6.45, 7) is 6.71. The van der Waals surface area contributed by atoms with E-state index in [4.69, 9.17) is 0 Å². The number of carbonyl (C=O) groups excluding carboxylic acids is 1. The van der Waals surface area contributed by atoms with Crippen LogP contribution in [0.4, 0.5) is 0 Å². The molecule has 0 unspecified atom stereocenters. The second-order valence-corrected chi connectivity index (χ2v) is 6.79. The summed E-state index contributed by atoms with van der Waals surface area (Å²) in [5.41, 5.74) is 0. The lowest BCUT2D eigenvalue weighted by atomic mass is 9.97. The number of hydrogen-bond donors (Lipinski definition) is 1. The van der Waals surface area contributed by atoms with Crippen LogP contribution in [-0.2, 0) is 4.79 Å². The molecule has 0 atom stereocenters. The van der Waals surface area contributed by atoms with E-state index in [1.807, 2.05) is 11.1 Å². The number of aromatic nitrogens is 1. The summed E-state index contributed by atoms with van der Waals surface area (Å²) in [5, 5.41) is 6.63. The van der Waals surface area contributed by atoms with E-state index >= 15 is 0 Å². The van der Waals surface area contributed by atoms with Crippen LogP contribution in [0, 0.1) is 0 Å². The molecule has 5 nitrogen and oxygen atoms in total. The van der Waals surface area contributed by atoms with Crippen LogP contribution < -0.4 is 5.32 Å². The van der Waals surface area contributed by atoms with Gasteiger partial charge in [0.25, 0.3) is 0 Å². The zero-order chi connectivity index (χ0) is 14.5. The maximum atomic E-state index is 12.2. The highest BCUT2D eigenvalue weighted by molar-refractivity contribution is 7.09. The van der Waals surface area contributed by atoms with Gasteiger partial charge in [-0.2, -0.15) is 0 Å². The Hall–Kier alpha value is -0.980. The number of nitrogens with zero attached hydrogens (tertiary/aromatic N) is 3. The Morgan fingerprint density at radius 2 is 2.05 bits per heavy atom. The lowest BCUT2D eigenvalue weighted by Gasteiger charge is -2.32. The van der Waals surface area contributed by atoms with Crippen LogP contribution in [0.1, 0.15) is 30.2 Å². The third-order valence-corrected chi connectivity index (χ3v) is 5.44. The van der Waals surface area contributed by atoms with E-state index < -0.39 is 0 Å². The van der Waals surface area contributed by atoms with Crippen molar-refractivity contribution in [3.05, 3.63) is 16.6 Å². The molecular formula is C15H24N4OS. The molecule has 1 N–H and O–H groups in total. The minimum atomic E-state index is 0.318. The van der Waals surface area contributed by atoms with Gasteiger partial charge in [-0.3, -0.25) is 4.79 Å². The lowest BCUT2D eigenvalue weighted by molar-refractivity contribution is -0.132. The Morgan fingerprint density at radius 1 is 1.29 bits per heavy atom. The Bertz CT molecular complexity index is 437. The van der Waals surface area contributed by atoms with Crippen LogP contribution in [-0.4, -0.2) is 66.5 Å². The van der Waals surface area contributed by atoms with E-state index in [2.05, 4.69) is 20.6 Å². The number of amides is 1. The van der Waals surface area contributed by atoms with Gasteiger partial charge < -0.3 is 15.1 Å². The van der Waals surface area contributed by atoms with Gasteiger partial charge in [0.1, 0.15) is 0 Å². The van der Waals surface area contributed by atoms with Crippen molar-refractivity contribution in [3.8, 4) is 0 Å². The van der Waals surface area contributed by atoms with Crippen molar-refractivity contribution < 1.29 is 4.79 Å². The molecule has 1 aromatic heterocycles. The van der Waals surface area contributed by atoms with Gasteiger partial charge >= 0.3 is 0 Å². The number of thiazole rings is 1. The normalized spacial score (nSPS) is 21.6. The molecular weight excluding hydrogens is 284 g/mol. The van der Waals surface area contributed by atoms with Crippen molar-refractivity contribution in [2.45, 2.75) is 25.2 Å². The van der Waals surface area contributed by atoms with E-state index in [1.165, 1.54) is 17.8 Å². The van der Waals surface area contributed by atoms with Gasteiger partial charge in [-0.25, -0.2) is 4.98 Å². The zero-order valence-electron chi connectivity index (χ0n) is 12.5. The fraction of sp³-hybridized carbons (Fsp3) is 0.733. The van der Waals surface area contributed by atoms with E-state index in [9.17, 15) is 4.79 Å². The van der Waals surface area contributed by atoms with Crippen molar-refractivity contribution >= 4 is 17.2 Å². The van der Waals surface area contributed by atoms with Crippen molar-refractivity contribution in [1.29, 1.82) is 0 Å². The molecule has 0 aromatic carbocycles. The van der Waals surface area contributed by atoms with Crippen molar-refractivity contribution in [2.75, 3.05) is 45.8 Å². The van der Waals surface area contributed by atoms with Gasteiger partial charge in [-0.15, -0.1) is 11.3 Å². The molecule has 0 aliphatic carbocycles. The fourth-order valence-corrected chi connectivity index (χ4v) is 3.98. The van der Waals surface area contributed by atoms with Crippen LogP contribution in [0.15, 0.2) is 11.6 Å². The summed E-state index contributed by atoms with van der Waals surface area (Å²) in [7, 11) is 0. The molecule has 3 rings (SSSR count). The second-order valence-electron chi connectivity index (χ2n) is 5.87. The molecule has 0 saturated carbocycles. The van der Waals surface area contributed by atoms with E-state index in [0.717, 1.165) is 45.8 Å². The van der Waals surface area contributed by atoms with Crippen LogP contribution >= 0.6 is 11.3 Å². The predicted molar refractivity (Wildman–Crippen MR) is 84.6 cm³/mol. The van der Waals surface area contributed by atoms with E-state index in [0.29, 0.717) is 18.2 Å². The molecule has 2 fully saturated rings. The highest BCUT2D eigenvalue weighted by atomic mass is 32.1. The molecule has 2 aliphatic rings. The Labute approximate surface area is 130 Å². The number of piperazine rings is 1. The van der Waals surface area contributed by atoms with E-state index in [1.54, 1.807) is 11.3 Å². The number of hydrogen-bond acceptors (Lipinski definition) is 5. The molecule has 116 valence electrons. The van der Waals surface area contributed by atoms with Crippen LogP contribution in [0.5, 0.6) is 0 Å². The molecule has 2 saturated heterocycles. The summed E-state index contributed by atoms with van der Waals surface area (Å²) in [4.78, 5) is 21.0. The summed E-state index contributed by atoms with van der Waals surface area (Å²) >= 11 is 1.77. The molecule has 1 aromatic rings. The average molecular weight is 308 g/mol. The number of carbonyl (C=O) groups is 1. The van der Waals surface area contributed by atoms with Crippen molar-refractivity contribution in [3.63, 3.8) is 0 Å². The number of rotatable bonds is 4. The highest BCUT2D eigenvalue weighted by Gasteiger charge is 2.23. The zero-order valence-corrected chi connectivity index (χ0v) is 13.3. The molecule has 1 amide bonds. The molecule has 0 bridgehead atoms. The maximum Gasteiger partial charge on any atom is 0.223 e. The Kier molecular flexibility index (Phi) is 5.22. The van der Waals surface area contributed by atoms with Crippen LogP contribution in [0.3, 0.4) is 0 Å². The maximum absolute atomic E-state index is 12.2. The average Bonchev–Trinajstić information content (AvgIpc) is 3.08. The van der Waals surface area contributed by atoms with Gasteiger partial charge in [-0.1, -0.05) is 0 Å². The summed E-state index contributed by atoms with van der Waals surface area (Å²) in [6.07, 6.45) is 4.92. The van der Waals surface area contributed by atoms with Gasteiger partial charge in [0.05, 0.1) is 5.01 Å². The monoisotopic (exact) mass is 308 g/mol. The molecule has 0 spiro atoms. The summed E-state index contributed by atoms with van der Waals surface area (Å²) < 4.78 is 0. The summed E-state index contributed by atoms with van der Waals surface area (Å²) in [5.74, 6) is 0.948. The predicted octanol–water partition coefficient (Wildman–Crippen LogP) is 1.14. The minimum absolute atomic E-state index is 0.318. The van der Waals surface area contributed by atoms with Gasteiger partial charge in [0, 0.05) is 56.6 Å². The second kappa shape index (κ2) is 7.33. The first kappa shape index (κ1) is 14.9. The quantitative estimate of drug-likeness (QED) is 0.906. The topological polar surface area (TPSA) is 48.5 Å². The molecule has 3 heterocycles.